The van der Waals surface area contributed by atoms with E-state index in [0.717, 1.165) is 6.42 Å². The van der Waals surface area contributed by atoms with E-state index in [4.69, 9.17) is 10.3 Å². The van der Waals surface area contributed by atoms with Crippen LogP contribution in [-0.4, -0.2) is 44.7 Å². The zero-order chi connectivity index (χ0) is 20.5. The minimum absolute atomic E-state index is 0.135. The maximum atomic E-state index is 12.6. The second-order valence-corrected chi connectivity index (χ2v) is 7.30. The Morgan fingerprint density at radius 2 is 2.07 bits per heavy atom. The smallest absolute Gasteiger partial charge is 0.276 e. The van der Waals surface area contributed by atoms with E-state index in [1.807, 2.05) is 4.68 Å². The van der Waals surface area contributed by atoms with Gasteiger partial charge in [0.05, 0.1) is 5.54 Å². The summed E-state index contributed by atoms with van der Waals surface area (Å²) in [5, 5.41) is 11.4. The lowest BCUT2D eigenvalue weighted by Gasteiger charge is -2.41. The number of carbonyl (C=O) groups is 2. The van der Waals surface area contributed by atoms with Crippen molar-refractivity contribution in [3.8, 4) is 0 Å². The fraction of sp³-hybridized carbons (Fsp3) is 0.474. The number of aromatic nitrogens is 3. The van der Waals surface area contributed by atoms with Gasteiger partial charge in [0.25, 0.3) is 11.8 Å². The van der Waals surface area contributed by atoms with Crippen molar-refractivity contribution in [2.75, 3.05) is 18.4 Å². The van der Waals surface area contributed by atoms with Gasteiger partial charge >= 0.3 is 0 Å². The van der Waals surface area contributed by atoms with Crippen molar-refractivity contribution in [3.63, 3.8) is 0 Å². The van der Waals surface area contributed by atoms with E-state index in [9.17, 15) is 9.59 Å². The Bertz CT molecular complexity index is 905. The summed E-state index contributed by atoms with van der Waals surface area (Å²) in [7, 11) is 0. The van der Waals surface area contributed by atoms with Crippen molar-refractivity contribution < 1.29 is 14.1 Å². The van der Waals surface area contributed by atoms with Crippen LogP contribution in [0.2, 0.25) is 0 Å². The quantitative estimate of drug-likeness (QED) is 0.786. The van der Waals surface area contributed by atoms with Gasteiger partial charge in [-0.25, -0.2) is 0 Å². The second-order valence-electron chi connectivity index (χ2n) is 7.30. The van der Waals surface area contributed by atoms with Gasteiger partial charge < -0.3 is 20.5 Å². The summed E-state index contributed by atoms with van der Waals surface area (Å²) >= 11 is 0. The van der Waals surface area contributed by atoms with Crippen LogP contribution in [-0.2, 0) is 5.54 Å². The summed E-state index contributed by atoms with van der Waals surface area (Å²) in [6, 6.07) is 1.65. The molecule has 2 aromatic heterocycles. The maximum Gasteiger partial charge on any atom is 0.276 e. The Morgan fingerprint density at radius 1 is 1.39 bits per heavy atom. The molecule has 3 N–H and O–H groups in total. The molecule has 2 aromatic rings. The number of hydrogen-bond donors (Lipinski definition) is 2. The normalized spacial score (nSPS) is 16.0. The highest BCUT2D eigenvalue weighted by Gasteiger charge is 2.38. The molecule has 0 spiro atoms. The first kappa shape index (κ1) is 19.7. The van der Waals surface area contributed by atoms with Crippen LogP contribution >= 0.6 is 0 Å². The second kappa shape index (κ2) is 7.49. The molecule has 9 heteroatoms. The van der Waals surface area contributed by atoms with Crippen molar-refractivity contribution in [1.82, 2.24) is 19.8 Å². The highest BCUT2D eigenvalue weighted by molar-refractivity contribution is 5.97. The summed E-state index contributed by atoms with van der Waals surface area (Å²) < 4.78 is 6.83. The topological polar surface area (TPSA) is 119 Å². The summed E-state index contributed by atoms with van der Waals surface area (Å²) in [4.78, 5) is 26.2. The fourth-order valence-electron chi connectivity index (χ4n) is 3.59. The molecule has 150 valence electrons. The van der Waals surface area contributed by atoms with E-state index >= 15 is 0 Å². The number of nitrogens with two attached hydrogens (primary N) is 1. The van der Waals surface area contributed by atoms with Crippen LogP contribution in [0, 0.1) is 6.92 Å². The van der Waals surface area contributed by atoms with Gasteiger partial charge in [-0.3, -0.25) is 14.3 Å². The Kier molecular flexibility index (Phi) is 5.26. The Balaban J connectivity index is 1.81. The summed E-state index contributed by atoms with van der Waals surface area (Å²) in [6.07, 6.45) is 3.91. The summed E-state index contributed by atoms with van der Waals surface area (Å²) in [5.41, 5.74) is 6.54. The molecule has 1 aliphatic rings. The summed E-state index contributed by atoms with van der Waals surface area (Å²) in [6.45, 7) is 10.5. The van der Waals surface area contributed by atoms with Gasteiger partial charge in [-0.2, -0.15) is 5.10 Å². The predicted octanol–water partition coefficient (Wildman–Crippen LogP) is 2.27. The molecule has 1 aliphatic heterocycles. The van der Waals surface area contributed by atoms with E-state index in [1.54, 1.807) is 31.0 Å². The molecular weight excluding hydrogens is 360 g/mol. The van der Waals surface area contributed by atoms with Crippen LogP contribution in [0.4, 0.5) is 5.82 Å². The number of nitrogens with one attached hydrogen (secondary N) is 1. The maximum absolute atomic E-state index is 12.6. The number of anilines is 1. The molecule has 0 aliphatic carbocycles. The predicted molar refractivity (Wildman–Crippen MR) is 104 cm³/mol. The van der Waals surface area contributed by atoms with Crippen molar-refractivity contribution in [3.05, 3.63) is 41.6 Å². The number of primary amides is 1. The monoisotopic (exact) mass is 386 g/mol. The van der Waals surface area contributed by atoms with E-state index in [1.165, 1.54) is 0 Å². The number of hydrogen-bond acceptors (Lipinski definition) is 6. The van der Waals surface area contributed by atoms with Crippen LogP contribution in [0.25, 0.3) is 0 Å². The van der Waals surface area contributed by atoms with Crippen molar-refractivity contribution in [2.24, 2.45) is 5.73 Å². The lowest BCUT2D eigenvalue weighted by molar-refractivity contribution is 0.0553. The summed E-state index contributed by atoms with van der Waals surface area (Å²) in [5.74, 6) is 0.334. The first-order chi connectivity index (χ1) is 13.3. The SMILES string of the molecule is C=C(C)Nc1nn(C2(CC)CCN(C(=O)c3cc(C)on3)CC2)cc1C(N)=O. The standard InChI is InChI=1S/C19H26N6O3/c1-5-19(25-11-14(16(20)26)17(22-25)21-12(2)3)6-8-24(9-7-19)18(27)15-10-13(4)28-23-15/h10-11H,2,5-9H2,1,3-4H3,(H2,20,26)(H,21,22). The van der Waals surface area contributed by atoms with E-state index < -0.39 is 5.91 Å². The number of allylic oxidation sites excluding steroid dienone is 1. The first-order valence-corrected chi connectivity index (χ1v) is 9.31. The number of rotatable bonds is 6. The molecule has 0 atom stereocenters. The molecule has 0 bridgehead atoms. The van der Waals surface area contributed by atoms with E-state index in [2.05, 4.69) is 29.1 Å². The van der Waals surface area contributed by atoms with Gasteiger partial charge in [0.2, 0.25) is 0 Å². The van der Waals surface area contributed by atoms with Gasteiger partial charge in [0.15, 0.2) is 11.5 Å². The zero-order valence-corrected chi connectivity index (χ0v) is 16.5. The molecule has 1 saturated heterocycles. The van der Waals surface area contributed by atoms with Crippen molar-refractivity contribution in [1.29, 1.82) is 0 Å². The van der Waals surface area contributed by atoms with Crippen LogP contribution in [0.5, 0.6) is 0 Å². The van der Waals surface area contributed by atoms with Gasteiger partial charge in [-0.05, 0) is 33.1 Å². The highest BCUT2D eigenvalue weighted by Crippen LogP contribution is 2.35. The molecule has 1 fully saturated rings. The van der Waals surface area contributed by atoms with Gasteiger partial charge in [0, 0.05) is 31.0 Å². The van der Waals surface area contributed by atoms with Gasteiger partial charge in [-0.15, -0.1) is 0 Å². The third-order valence-corrected chi connectivity index (χ3v) is 5.28. The number of nitrogens with zero attached hydrogens (tertiary/aromatic N) is 4. The minimum atomic E-state index is -0.546. The lowest BCUT2D eigenvalue weighted by atomic mass is 9.85. The fourth-order valence-corrected chi connectivity index (χ4v) is 3.59. The van der Waals surface area contributed by atoms with Crippen LogP contribution in [0.1, 0.15) is 59.7 Å². The van der Waals surface area contributed by atoms with Crippen LogP contribution < -0.4 is 11.1 Å². The number of piperidine rings is 1. The van der Waals surface area contributed by atoms with E-state index in [-0.39, 0.29) is 11.4 Å². The lowest BCUT2D eigenvalue weighted by Crippen LogP contribution is -2.48. The average Bonchev–Trinajstić information content (AvgIpc) is 3.27. The Morgan fingerprint density at radius 3 is 2.57 bits per heavy atom. The number of likely N-dealkylation sites (tertiary alicyclic amines) is 1. The number of carbonyl (C=O) groups excluding carboxylic acids is 2. The molecule has 2 amide bonds. The number of aryl methyl sites for hydroxylation is 1. The van der Waals surface area contributed by atoms with Crippen molar-refractivity contribution in [2.45, 2.75) is 45.6 Å². The molecule has 0 aromatic carbocycles. The molecule has 9 nitrogen and oxygen atoms in total. The molecular formula is C19H26N6O3. The molecule has 3 heterocycles. The first-order valence-electron chi connectivity index (χ1n) is 9.31. The highest BCUT2D eigenvalue weighted by atomic mass is 16.5. The van der Waals surface area contributed by atoms with Gasteiger partial charge in [0.1, 0.15) is 11.3 Å². The van der Waals surface area contributed by atoms with Crippen molar-refractivity contribution >= 4 is 17.6 Å². The third kappa shape index (κ3) is 3.64. The molecule has 0 unspecified atom stereocenters. The van der Waals surface area contributed by atoms with Gasteiger partial charge in [-0.1, -0.05) is 18.7 Å². The van der Waals surface area contributed by atoms with Crippen LogP contribution in [0.15, 0.2) is 29.1 Å². The molecule has 0 saturated carbocycles. The van der Waals surface area contributed by atoms with Crippen LogP contribution in [0.3, 0.4) is 0 Å². The average molecular weight is 386 g/mol. The largest absolute Gasteiger partial charge is 0.365 e. The molecule has 28 heavy (non-hydrogen) atoms. The minimum Gasteiger partial charge on any atom is -0.365 e. The van der Waals surface area contributed by atoms with E-state index in [0.29, 0.717) is 54.5 Å². The Labute approximate surface area is 163 Å². The molecule has 0 radical (unpaired) electrons. The third-order valence-electron chi connectivity index (χ3n) is 5.28. The number of amides is 2. The Hall–Kier alpha value is -3.10. The zero-order valence-electron chi connectivity index (χ0n) is 16.5. The molecule has 3 rings (SSSR count).